The first-order valence-corrected chi connectivity index (χ1v) is 4.58. The SMILES string of the molecule is COCc1nc(N)cc(NCC(=O)OC)n1. The topological polar surface area (TPSA) is 99.4 Å². The molecule has 0 aliphatic rings. The number of hydrogen-bond donors (Lipinski definition) is 2. The van der Waals surface area contributed by atoms with Gasteiger partial charge in [0.2, 0.25) is 0 Å². The van der Waals surface area contributed by atoms with Crippen LogP contribution < -0.4 is 11.1 Å². The van der Waals surface area contributed by atoms with Gasteiger partial charge >= 0.3 is 5.97 Å². The quantitative estimate of drug-likeness (QED) is 0.670. The van der Waals surface area contributed by atoms with Gasteiger partial charge in [0.05, 0.1) is 7.11 Å². The Morgan fingerprint density at radius 2 is 2.25 bits per heavy atom. The van der Waals surface area contributed by atoms with Crippen LogP contribution in [0.2, 0.25) is 0 Å². The second kappa shape index (κ2) is 5.86. The molecular weight excluding hydrogens is 212 g/mol. The number of rotatable bonds is 5. The van der Waals surface area contributed by atoms with Crippen molar-refractivity contribution in [3.63, 3.8) is 0 Å². The smallest absolute Gasteiger partial charge is 0.325 e. The van der Waals surface area contributed by atoms with Gasteiger partial charge in [-0.3, -0.25) is 4.79 Å². The van der Waals surface area contributed by atoms with Crippen molar-refractivity contribution in [2.75, 3.05) is 31.8 Å². The van der Waals surface area contributed by atoms with Gasteiger partial charge in [-0.25, -0.2) is 9.97 Å². The lowest BCUT2D eigenvalue weighted by Crippen LogP contribution is -2.16. The molecule has 0 saturated heterocycles. The van der Waals surface area contributed by atoms with E-state index in [9.17, 15) is 4.79 Å². The molecule has 1 heterocycles. The third-order valence-corrected chi connectivity index (χ3v) is 1.71. The van der Waals surface area contributed by atoms with Gasteiger partial charge in [0, 0.05) is 13.2 Å². The molecule has 3 N–H and O–H groups in total. The van der Waals surface area contributed by atoms with Crippen molar-refractivity contribution in [3.8, 4) is 0 Å². The average molecular weight is 226 g/mol. The molecule has 0 aliphatic heterocycles. The van der Waals surface area contributed by atoms with Gasteiger partial charge in [-0.15, -0.1) is 0 Å². The lowest BCUT2D eigenvalue weighted by atomic mass is 10.4. The molecule has 7 heteroatoms. The molecule has 0 spiro atoms. The summed E-state index contributed by atoms with van der Waals surface area (Å²) in [4.78, 5) is 18.9. The zero-order valence-electron chi connectivity index (χ0n) is 9.19. The summed E-state index contributed by atoms with van der Waals surface area (Å²) in [6, 6.07) is 1.53. The van der Waals surface area contributed by atoms with Gasteiger partial charge in [0.15, 0.2) is 5.82 Å². The standard InChI is InChI=1S/C9H14N4O3/c1-15-5-8-12-6(10)3-7(13-8)11-4-9(14)16-2/h3H,4-5H2,1-2H3,(H3,10,11,12,13). The molecule has 0 radical (unpaired) electrons. The van der Waals surface area contributed by atoms with Crippen molar-refractivity contribution < 1.29 is 14.3 Å². The van der Waals surface area contributed by atoms with Crippen LogP contribution >= 0.6 is 0 Å². The fraction of sp³-hybridized carbons (Fsp3) is 0.444. The summed E-state index contributed by atoms with van der Waals surface area (Å²) in [7, 11) is 2.85. The van der Waals surface area contributed by atoms with E-state index in [0.717, 1.165) is 0 Å². The van der Waals surface area contributed by atoms with E-state index in [1.165, 1.54) is 20.3 Å². The van der Waals surface area contributed by atoms with E-state index < -0.39 is 0 Å². The van der Waals surface area contributed by atoms with Gasteiger partial charge in [0.25, 0.3) is 0 Å². The van der Waals surface area contributed by atoms with Crippen molar-refractivity contribution in [1.29, 1.82) is 0 Å². The third kappa shape index (κ3) is 3.70. The molecule has 1 aromatic rings. The van der Waals surface area contributed by atoms with Crippen LogP contribution in [0.1, 0.15) is 5.82 Å². The molecule has 0 saturated carbocycles. The highest BCUT2D eigenvalue weighted by molar-refractivity contribution is 5.74. The molecular formula is C9H14N4O3. The summed E-state index contributed by atoms with van der Waals surface area (Å²) in [5.74, 6) is 0.847. The summed E-state index contributed by atoms with van der Waals surface area (Å²) in [6.45, 7) is 0.289. The summed E-state index contributed by atoms with van der Waals surface area (Å²) in [5, 5.41) is 2.77. The number of nitrogens with one attached hydrogen (secondary N) is 1. The van der Waals surface area contributed by atoms with Crippen LogP contribution in [0.5, 0.6) is 0 Å². The largest absolute Gasteiger partial charge is 0.468 e. The van der Waals surface area contributed by atoms with Gasteiger partial charge in [0.1, 0.15) is 24.8 Å². The van der Waals surface area contributed by atoms with Crippen molar-refractivity contribution in [2.45, 2.75) is 6.61 Å². The number of nitrogens with zero attached hydrogens (tertiary/aromatic N) is 2. The fourth-order valence-electron chi connectivity index (χ4n) is 1.04. The Morgan fingerprint density at radius 1 is 1.50 bits per heavy atom. The number of carbonyl (C=O) groups is 1. The van der Waals surface area contributed by atoms with Crippen LogP contribution in [-0.4, -0.2) is 36.7 Å². The molecule has 16 heavy (non-hydrogen) atoms. The molecule has 0 atom stereocenters. The number of carbonyl (C=O) groups excluding carboxylic acids is 1. The Morgan fingerprint density at radius 3 is 2.88 bits per heavy atom. The zero-order chi connectivity index (χ0) is 12.0. The molecule has 0 bridgehead atoms. The van der Waals surface area contributed by atoms with Crippen LogP contribution in [0.4, 0.5) is 11.6 Å². The Labute approximate surface area is 93.0 Å². The summed E-state index contributed by atoms with van der Waals surface area (Å²) < 4.78 is 9.36. The minimum Gasteiger partial charge on any atom is -0.468 e. The molecule has 0 fully saturated rings. The van der Waals surface area contributed by atoms with E-state index >= 15 is 0 Å². The molecule has 7 nitrogen and oxygen atoms in total. The third-order valence-electron chi connectivity index (χ3n) is 1.71. The van der Waals surface area contributed by atoms with Crippen LogP contribution in [0.15, 0.2) is 6.07 Å². The van der Waals surface area contributed by atoms with E-state index in [-0.39, 0.29) is 19.1 Å². The maximum atomic E-state index is 10.9. The monoisotopic (exact) mass is 226 g/mol. The minimum absolute atomic E-state index is 0.0272. The zero-order valence-corrected chi connectivity index (χ0v) is 9.19. The number of nitrogens with two attached hydrogens (primary N) is 1. The Hall–Kier alpha value is -1.89. The van der Waals surface area contributed by atoms with Crippen LogP contribution in [0.25, 0.3) is 0 Å². The first kappa shape index (κ1) is 12.2. The summed E-state index contributed by atoms with van der Waals surface area (Å²) in [6.07, 6.45) is 0. The maximum Gasteiger partial charge on any atom is 0.325 e. The first-order valence-electron chi connectivity index (χ1n) is 4.58. The fourth-order valence-corrected chi connectivity index (χ4v) is 1.04. The van der Waals surface area contributed by atoms with E-state index in [1.807, 2.05) is 0 Å². The van der Waals surface area contributed by atoms with Gasteiger partial charge in [-0.05, 0) is 0 Å². The van der Waals surface area contributed by atoms with Crippen LogP contribution in [0, 0.1) is 0 Å². The number of methoxy groups -OCH3 is 2. The lowest BCUT2D eigenvalue weighted by Gasteiger charge is -2.06. The van der Waals surface area contributed by atoms with E-state index in [0.29, 0.717) is 17.5 Å². The number of ether oxygens (including phenoxy) is 2. The highest BCUT2D eigenvalue weighted by Crippen LogP contribution is 2.08. The van der Waals surface area contributed by atoms with E-state index in [2.05, 4.69) is 20.0 Å². The molecule has 1 aromatic heterocycles. The van der Waals surface area contributed by atoms with E-state index in [4.69, 9.17) is 10.5 Å². The minimum atomic E-state index is -0.384. The molecule has 1 rings (SSSR count). The van der Waals surface area contributed by atoms with Gasteiger partial charge < -0.3 is 20.5 Å². The average Bonchev–Trinajstić information content (AvgIpc) is 2.25. The van der Waals surface area contributed by atoms with Crippen molar-refractivity contribution in [2.24, 2.45) is 0 Å². The lowest BCUT2D eigenvalue weighted by molar-refractivity contribution is -0.138. The van der Waals surface area contributed by atoms with Crippen molar-refractivity contribution in [1.82, 2.24) is 9.97 Å². The number of anilines is 2. The number of aromatic nitrogens is 2. The molecule has 0 amide bonds. The van der Waals surface area contributed by atoms with Crippen molar-refractivity contribution >= 4 is 17.6 Å². The molecule has 0 aromatic carbocycles. The van der Waals surface area contributed by atoms with E-state index in [1.54, 1.807) is 0 Å². The highest BCUT2D eigenvalue weighted by Gasteiger charge is 2.04. The first-order chi connectivity index (χ1) is 7.65. The molecule has 0 unspecified atom stereocenters. The Bertz CT molecular complexity index is 370. The number of hydrogen-bond acceptors (Lipinski definition) is 7. The van der Waals surface area contributed by atoms with Gasteiger partial charge in [-0.2, -0.15) is 0 Å². The summed E-state index contributed by atoms with van der Waals surface area (Å²) in [5.41, 5.74) is 5.57. The maximum absolute atomic E-state index is 10.9. The number of nitrogen functional groups attached to an aromatic ring is 1. The second-order valence-electron chi connectivity index (χ2n) is 2.96. The molecule has 0 aliphatic carbocycles. The Kier molecular flexibility index (Phi) is 4.46. The van der Waals surface area contributed by atoms with Crippen LogP contribution in [0.3, 0.4) is 0 Å². The predicted molar refractivity (Wildman–Crippen MR) is 57.7 cm³/mol. The van der Waals surface area contributed by atoms with Gasteiger partial charge in [-0.1, -0.05) is 0 Å². The van der Waals surface area contributed by atoms with Crippen molar-refractivity contribution in [3.05, 3.63) is 11.9 Å². The highest BCUT2D eigenvalue weighted by atomic mass is 16.5. The van der Waals surface area contributed by atoms with Crippen LogP contribution in [-0.2, 0) is 20.9 Å². The predicted octanol–water partition coefficient (Wildman–Crippen LogP) is -0.210. The Balaban J connectivity index is 2.68. The summed E-state index contributed by atoms with van der Waals surface area (Å²) >= 11 is 0. The normalized spacial score (nSPS) is 9.88. The molecule has 88 valence electrons. The second-order valence-corrected chi connectivity index (χ2v) is 2.96. The number of esters is 1.